The van der Waals surface area contributed by atoms with Crippen LogP contribution in [0.25, 0.3) is 0 Å². The Balaban J connectivity index is 2.19. The van der Waals surface area contributed by atoms with Crippen LogP contribution in [0, 0.1) is 12.7 Å². The average Bonchev–Trinajstić information content (AvgIpc) is 2.38. The molecule has 0 fully saturated rings. The zero-order chi connectivity index (χ0) is 14.7. The Labute approximate surface area is 119 Å². The minimum atomic E-state index is -0.652. The van der Waals surface area contributed by atoms with Crippen LogP contribution in [-0.2, 0) is 6.54 Å². The van der Waals surface area contributed by atoms with E-state index in [1.165, 1.54) is 11.6 Å². The molecular weight excluding hydrogens is 253 g/mol. The Morgan fingerprint density at radius 2 is 1.95 bits per heavy atom. The van der Waals surface area contributed by atoms with Gasteiger partial charge in [-0.15, -0.1) is 0 Å². The second kappa shape index (κ2) is 6.06. The van der Waals surface area contributed by atoms with E-state index in [4.69, 9.17) is 0 Å². The van der Waals surface area contributed by atoms with Crippen molar-refractivity contribution in [2.24, 2.45) is 0 Å². The molecule has 1 N–H and O–H groups in total. The second-order valence-electron chi connectivity index (χ2n) is 5.23. The number of aliphatic hydroxyl groups is 1. The van der Waals surface area contributed by atoms with Crippen LogP contribution < -0.4 is 4.90 Å². The van der Waals surface area contributed by atoms with Crippen molar-refractivity contribution in [1.82, 2.24) is 0 Å². The Kier molecular flexibility index (Phi) is 4.40. The van der Waals surface area contributed by atoms with Crippen LogP contribution in [0.2, 0.25) is 0 Å². The van der Waals surface area contributed by atoms with Gasteiger partial charge >= 0.3 is 0 Å². The molecule has 1 atom stereocenters. The standard InChI is InChI=1S/C17H20FNO/c1-12-5-4-6-14(9-12)11-19(3)17-8-7-15(13(2)20)10-16(17)18/h4-10,13,20H,11H2,1-3H3/t13-/m0/s1. The van der Waals surface area contributed by atoms with E-state index in [-0.39, 0.29) is 5.82 Å². The highest BCUT2D eigenvalue weighted by Crippen LogP contribution is 2.24. The molecule has 0 heterocycles. The Hall–Kier alpha value is -1.87. The Bertz CT molecular complexity index is 595. The van der Waals surface area contributed by atoms with Crippen molar-refractivity contribution in [3.8, 4) is 0 Å². The van der Waals surface area contributed by atoms with Gasteiger partial charge in [0.05, 0.1) is 11.8 Å². The summed E-state index contributed by atoms with van der Waals surface area (Å²) in [7, 11) is 1.86. The Morgan fingerprint density at radius 3 is 2.55 bits per heavy atom. The molecule has 2 nitrogen and oxygen atoms in total. The number of halogens is 1. The maximum atomic E-state index is 14.1. The summed E-state index contributed by atoms with van der Waals surface area (Å²) < 4.78 is 14.1. The molecule has 0 aromatic heterocycles. The van der Waals surface area contributed by atoms with Crippen molar-refractivity contribution in [2.75, 3.05) is 11.9 Å². The monoisotopic (exact) mass is 273 g/mol. The predicted octanol–water partition coefficient (Wildman–Crippen LogP) is 3.82. The number of hydrogen-bond acceptors (Lipinski definition) is 2. The van der Waals surface area contributed by atoms with Gasteiger partial charge in [-0.3, -0.25) is 0 Å². The molecule has 0 radical (unpaired) electrons. The van der Waals surface area contributed by atoms with E-state index in [1.54, 1.807) is 19.1 Å². The number of benzene rings is 2. The van der Waals surface area contributed by atoms with E-state index in [1.807, 2.05) is 37.1 Å². The highest BCUT2D eigenvalue weighted by molar-refractivity contribution is 5.49. The lowest BCUT2D eigenvalue weighted by atomic mass is 10.1. The summed E-state index contributed by atoms with van der Waals surface area (Å²) in [5.41, 5.74) is 3.47. The fourth-order valence-corrected chi connectivity index (χ4v) is 2.26. The molecule has 20 heavy (non-hydrogen) atoms. The average molecular weight is 273 g/mol. The number of aliphatic hydroxyl groups excluding tert-OH is 1. The van der Waals surface area contributed by atoms with Gasteiger partial charge in [-0.1, -0.05) is 35.9 Å². The van der Waals surface area contributed by atoms with Crippen LogP contribution in [-0.4, -0.2) is 12.2 Å². The lowest BCUT2D eigenvalue weighted by molar-refractivity contribution is 0.199. The van der Waals surface area contributed by atoms with E-state index < -0.39 is 6.10 Å². The maximum absolute atomic E-state index is 14.1. The zero-order valence-corrected chi connectivity index (χ0v) is 12.1. The van der Waals surface area contributed by atoms with Crippen LogP contribution in [0.15, 0.2) is 42.5 Å². The molecule has 0 spiro atoms. The molecule has 0 saturated carbocycles. The molecular formula is C17H20FNO. The zero-order valence-electron chi connectivity index (χ0n) is 12.1. The van der Waals surface area contributed by atoms with Gasteiger partial charge in [0, 0.05) is 13.6 Å². The molecule has 0 bridgehead atoms. The minimum Gasteiger partial charge on any atom is -0.389 e. The topological polar surface area (TPSA) is 23.5 Å². The largest absolute Gasteiger partial charge is 0.389 e. The summed E-state index contributed by atoms with van der Waals surface area (Å²) in [6, 6.07) is 13.0. The Morgan fingerprint density at radius 1 is 1.20 bits per heavy atom. The predicted molar refractivity (Wildman–Crippen MR) is 80.3 cm³/mol. The molecule has 0 amide bonds. The highest BCUT2D eigenvalue weighted by Gasteiger charge is 2.11. The van der Waals surface area contributed by atoms with Gasteiger partial charge < -0.3 is 10.0 Å². The lowest BCUT2D eigenvalue weighted by Crippen LogP contribution is -2.18. The molecule has 0 aliphatic heterocycles. The van der Waals surface area contributed by atoms with Crippen molar-refractivity contribution in [1.29, 1.82) is 0 Å². The van der Waals surface area contributed by atoms with E-state index >= 15 is 0 Å². The summed E-state index contributed by atoms with van der Waals surface area (Å²) >= 11 is 0. The van der Waals surface area contributed by atoms with Crippen LogP contribution in [0.5, 0.6) is 0 Å². The van der Waals surface area contributed by atoms with E-state index in [0.717, 1.165) is 5.56 Å². The minimum absolute atomic E-state index is 0.307. The molecule has 0 aliphatic carbocycles. The van der Waals surface area contributed by atoms with Gasteiger partial charge in [-0.2, -0.15) is 0 Å². The normalized spacial score (nSPS) is 12.2. The van der Waals surface area contributed by atoms with Crippen molar-refractivity contribution >= 4 is 5.69 Å². The molecule has 0 aliphatic rings. The van der Waals surface area contributed by atoms with E-state index in [9.17, 15) is 9.50 Å². The van der Waals surface area contributed by atoms with E-state index in [2.05, 4.69) is 6.07 Å². The fraction of sp³-hybridized carbons (Fsp3) is 0.294. The maximum Gasteiger partial charge on any atom is 0.146 e. The first-order valence-electron chi connectivity index (χ1n) is 6.71. The number of aryl methyl sites for hydroxylation is 1. The van der Waals surface area contributed by atoms with Crippen LogP contribution in [0.4, 0.5) is 10.1 Å². The first-order valence-corrected chi connectivity index (χ1v) is 6.71. The van der Waals surface area contributed by atoms with Crippen LogP contribution in [0.3, 0.4) is 0 Å². The van der Waals surface area contributed by atoms with E-state index in [0.29, 0.717) is 17.8 Å². The number of hydrogen-bond donors (Lipinski definition) is 1. The van der Waals surface area contributed by atoms with Crippen molar-refractivity contribution < 1.29 is 9.50 Å². The molecule has 0 saturated heterocycles. The summed E-state index contributed by atoms with van der Waals surface area (Å²) in [5.74, 6) is -0.307. The quantitative estimate of drug-likeness (QED) is 0.915. The summed E-state index contributed by atoms with van der Waals surface area (Å²) in [5, 5.41) is 9.46. The molecule has 2 aromatic rings. The number of anilines is 1. The second-order valence-corrected chi connectivity index (χ2v) is 5.23. The van der Waals surface area contributed by atoms with Gasteiger partial charge in [0.25, 0.3) is 0 Å². The molecule has 2 rings (SSSR count). The molecule has 0 unspecified atom stereocenters. The first-order chi connectivity index (χ1) is 9.47. The smallest absolute Gasteiger partial charge is 0.146 e. The SMILES string of the molecule is Cc1cccc(CN(C)c2ccc([C@H](C)O)cc2F)c1. The third kappa shape index (κ3) is 3.36. The number of rotatable bonds is 4. The van der Waals surface area contributed by atoms with Gasteiger partial charge in [0.1, 0.15) is 5.82 Å². The summed E-state index contributed by atoms with van der Waals surface area (Å²) in [6.45, 7) is 4.32. The number of nitrogens with zero attached hydrogens (tertiary/aromatic N) is 1. The van der Waals surface area contributed by atoms with Gasteiger partial charge in [-0.05, 0) is 37.1 Å². The van der Waals surface area contributed by atoms with Gasteiger partial charge in [-0.25, -0.2) is 4.39 Å². The summed E-state index contributed by atoms with van der Waals surface area (Å²) in [4.78, 5) is 1.87. The van der Waals surface area contributed by atoms with Crippen molar-refractivity contribution in [3.63, 3.8) is 0 Å². The molecule has 3 heteroatoms. The summed E-state index contributed by atoms with van der Waals surface area (Å²) in [6.07, 6.45) is -0.652. The van der Waals surface area contributed by atoms with Crippen LogP contribution >= 0.6 is 0 Å². The third-order valence-electron chi connectivity index (χ3n) is 3.37. The van der Waals surface area contributed by atoms with Crippen molar-refractivity contribution in [2.45, 2.75) is 26.5 Å². The first kappa shape index (κ1) is 14.5. The highest BCUT2D eigenvalue weighted by atomic mass is 19.1. The molecule has 106 valence electrons. The fourth-order valence-electron chi connectivity index (χ4n) is 2.26. The van der Waals surface area contributed by atoms with Gasteiger partial charge in [0.2, 0.25) is 0 Å². The molecule has 2 aromatic carbocycles. The lowest BCUT2D eigenvalue weighted by Gasteiger charge is -2.21. The van der Waals surface area contributed by atoms with Crippen molar-refractivity contribution in [3.05, 3.63) is 65.0 Å². The van der Waals surface area contributed by atoms with Crippen LogP contribution in [0.1, 0.15) is 29.7 Å². The third-order valence-corrected chi connectivity index (χ3v) is 3.37. The van der Waals surface area contributed by atoms with Gasteiger partial charge in [0.15, 0.2) is 0 Å².